The fraction of sp³-hybridized carbons (Fsp3) is 0.578. The molecule has 29 heteroatoms. The highest BCUT2D eigenvalue weighted by Crippen LogP contribution is 2.29. The minimum absolute atomic E-state index is 0.0274. The van der Waals surface area contributed by atoms with Crippen molar-refractivity contribution in [1.82, 2.24) is 68.4 Å². The molecule has 0 aliphatic heterocycles. The molecule has 512 valence electrons. The van der Waals surface area contributed by atoms with Gasteiger partial charge in [0.15, 0.2) is 0 Å². The van der Waals surface area contributed by atoms with Crippen LogP contribution in [0.25, 0.3) is 10.9 Å². The summed E-state index contributed by atoms with van der Waals surface area (Å²) in [5, 5.41) is 39.4. The van der Waals surface area contributed by atoms with Crippen molar-refractivity contribution in [3.8, 4) is 0 Å². The number of carbonyl (C=O) groups is 13. The Hall–Kier alpha value is -8.44. The van der Waals surface area contributed by atoms with Gasteiger partial charge in [-0.1, -0.05) is 103 Å². The summed E-state index contributed by atoms with van der Waals surface area (Å²) in [7, 11) is 3.40. The van der Waals surface area contributed by atoms with E-state index in [0.717, 1.165) is 0 Å². The monoisotopic (exact) mass is 1320 g/mol. The van der Waals surface area contributed by atoms with Gasteiger partial charge in [-0.15, -0.1) is 0 Å². The number of aromatic nitrogens is 1. The summed E-state index contributed by atoms with van der Waals surface area (Å²) in [5.41, 5.74) is 6.73. The van der Waals surface area contributed by atoms with Crippen LogP contribution >= 0.6 is 12.6 Å². The Kier molecular flexibility index (Phi) is 31.9. The van der Waals surface area contributed by atoms with Gasteiger partial charge in [-0.25, -0.2) is 0 Å². The molecule has 1 aliphatic rings. The second kappa shape index (κ2) is 38.5. The Balaban J connectivity index is 1.52. The van der Waals surface area contributed by atoms with E-state index in [1.165, 1.54) is 0 Å². The van der Waals surface area contributed by atoms with E-state index < -0.39 is 157 Å². The van der Waals surface area contributed by atoms with E-state index in [2.05, 4.69) is 76.1 Å². The Morgan fingerprint density at radius 3 is 1.74 bits per heavy atom. The number of carboxylic acids is 1. The third-order valence-corrected chi connectivity index (χ3v) is 15.5. The van der Waals surface area contributed by atoms with Gasteiger partial charge in [-0.05, 0) is 94.0 Å². The van der Waals surface area contributed by atoms with Gasteiger partial charge in [0.1, 0.15) is 48.3 Å². The highest BCUT2D eigenvalue weighted by Gasteiger charge is 2.38. The largest absolute Gasteiger partial charge is 0.481 e. The average Bonchev–Trinajstić information content (AvgIpc) is 2.32. The highest BCUT2D eigenvalue weighted by molar-refractivity contribution is 7.80. The summed E-state index contributed by atoms with van der Waals surface area (Å²) >= 11 is 4.21. The molecule has 2 aromatic carbocycles. The summed E-state index contributed by atoms with van der Waals surface area (Å²) in [6, 6.07) is 5.47. The first-order chi connectivity index (χ1) is 44.0. The number of H-pyrrole nitrogens is 1. The Morgan fingerprint density at radius 2 is 1.16 bits per heavy atom. The maximum Gasteiger partial charge on any atom is 0.303 e. The predicted molar refractivity (Wildman–Crippen MR) is 350 cm³/mol. The number of thiol groups is 1. The van der Waals surface area contributed by atoms with E-state index in [0.29, 0.717) is 47.7 Å². The minimum atomic E-state index is -1.63. The van der Waals surface area contributed by atoms with Crippen LogP contribution in [0.4, 0.5) is 0 Å². The summed E-state index contributed by atoms with van der Waals surface area (Å²) in [5.74, 6) is -10.3. The molecule has 0 unspecified atom stereocenters. The van der Waals surface area contributed by atoms with Gasteiger partial charge in [0.2, 0.25) is 70.9 Å². The highest BCUT2D eigenvalue weighted by atomic mass is 32.1. The lowest BCUT2D eigenvalue weighted by molar-refractivity contribution is -0.138. The first kappa shape index (κ1) is 77.0. The molecule has 1 aromatic heterocycles. The van der Waals surface area contributed by atoms with E-state index in [9.17, 15) is 67.4 Å². The van der Waals surface area contributed by atoms with E-state index in [1.54, 1.807) is 101 Å². The number of nitrogens with one attached hydrogen (secondary N) is 12. The van der Waals surface area contributed by atoms with Crippen molar-refractivity contribution in [1.29, 1.82) is 0 Å². The van der Waals surface area contributed by atoms with Crippen LogP contribution in [0, 0.1) is 17.3 Å². The fourth-order valence-electron chi connectivity index (χ4n) is 9.92. The molecule has 93 heavy (non-hydrogen) atoms. The van der Waals surface area contributed by atoms with Crippen molar-refractivity contribution in [2.75, 3.05) is 46.0 Å². The van der Waals surface area contributed by atoms with Gasteiger partial charge in [0, 0.05) is 54.6 Å². The molecule has 0 radical (unpaired) electrons. The summed E-state index contributed by atoms with van der Waals surface area (Å²) in [6.45, 7) is 9.88. The van der Waals surface area contributed by atoms with Gasteiger partial charge in [-0.2, -0.15) is 12.6 Å². The number of unbranched alkanes of at least 4 members (excludes halogenated alkanes) is 2. The Bertz CT molecular complexity index is 3060. The van der Waals surface area contributed by atoms with Gasteiger partial charge in [0.05, 0.1) is 19.6 Å². The molecule has 3 aromatic rings. The van der Waals surface area contributed by atoms with E-state index in [1.807, 2.05) is 20.8 Å². The third kappa shape index (κ3) is 27.4. The number of para-hydroxylation sites is 1. The van der Waals surface area contributed by atoms with Crippen molar-refractivity contribution >= 4 is 100 Å². The lowest BCUT2D eigenvalue weighted by Gasteiger charge is -2.32. The molecule has 0 bridgehead atoms. The second-order valence-electron chi connectivity index (χ2n) is 25.1. The number of nitrogens with zero attached hydrogens (tertiary/aromatic N) is 1. The smallest absolute Gasteiger partial charge is 0.303 e. The van der Waals surface area contributed by atoms with Crippen LogP contribution in [0.5, 0.6) is 0 Å². The minimum Gasteiger partial charge on any atom is -0.481 e. The maximum atomic E-state index is 14.9. The maximum absolute atomic E-state index is 14.9. The standard InChI is InChI=1S/C64H96N14O14S/c1-9-10-21-44(59(88)77-55(84)39-24-25-39)70-60(89)46(29-37(2)3)72-61(90)47(30-38-18-12-11-13-19-38)73-62(91)48(31-40-33-67-42-22-15-14-20-41(40)42)74-58(87)45(26-27-53(82)83)71-57(86)43(69-50(79)32-65)23-16-17-28-66-51(80)34-68-56(85)49(36-93)75-63(92)54(64(4,5)6)76-52(81)35-78(7)8/h11-15,18-20,22,33,37,39,43-49,54,67,93H,9-10,16-17,21,23-32,34-36,65H2,1-8H3,(H,66,80)(H,68,85)(H,69,79)(H,70,89)(H,71,86)(H,72,90)(H,73,91)(H,74,87)(H,75,92)(H,76,81)(H,82,83)(H,77,84,88)/t43-,44-,45-,46-,47-,48-,49-,54+/m0/s1. The van der Waals surface area contributed by atoms with Crippen molar-refractivity contribution < 1.29 is 67.4 Å². The molecular weight excluding hydrogens is 1220 g/mol. The molecule has 1 heterocycles. The van der Waals surface area contributed by atoms with Crippen molar-refractivity contribution in [2.45, 2.75) is 173 Å². The number of fused-ring (bicyclic) bond motifs is 1. The average molecular weight is 1320 g/mol. The molecular formula is C64H96N14O14S. The number of hydrogen-bond acceptors (Lipinski definition) is 16. The van der Waals surface area contributed by atoms with E-state index >= 15 is 0 Å². The summed E-state index contributed by atoms with van der Waals surface area (Å²) in [4.78, 5) is 180. The molecule has 1 saturated carbocycles. The normalized spacial score (nSPS) is 14.7. The number of rotatable bonds is 40. The van der Waals surface area contributed by atoms with Crippen LogP contribution in [0.15, 0.2) is 60.8 Å². The fourth-order valence-corrected chi connectivity index (χ4v) is 10.2. The molecule has 28 nitrogen and oxygen atoms in total. The molecule has 12 amide bonds. The number of nitrogens with two attached hydrogens (primary N) is 1. The number of carbonyl (C=O) groups excluding carboxylic acids is 12. The number of imide groups is 1. The molecule has 8 atom stereocenters. The zero-order valence-corrected chi connectivity index (χ0v) is 55.4. The molecule has 4 rings (SSSR count). The number of aromatic amines is 1. The van der Waals surface area contributed by atoms with Gasteiger partial charge in [0.25, 0.3) is 0 Å². The van der Waals surface area contributed by atoms with E-state index in [-0.39, 0.29) is 75.6 Å². The molecule has 15 N–H and O–H groups in total. The molecule has 0 saturated heterocycles. The van der Waals surface area contributed by atoms with Crippen LogP contribution in [-0.2, 0) is 75.2 Å². The topological polar surface area (TPSA) is 420 Å². The van der Waals surface area contributed by atoms with Crippen LogP contribution in [0.1, 0.15) is 123 Å². The van der Waals surface area contributed by atoms with Crippen LogP contribution in [0.2, 0.25) is 0 Å². The van der Waals surface area contributed by atoms with Crippen LogP contribution in [-0.4, -0.2) is 186 Å². The predicted octanol–water partition coefficient (Wildman–Crippen LogP) is -0.116. The number of benzene rings is 2. The number of hydrogen-bond donors (Lipinski definition) is 15. The number of aliphatic carboxylic acids is 1. The zero-order valence-electron chi connectivity index (χ0n) is 54.5. The molecule has 1 aliphatic carbocycles. The quantitative estimate of drug-likeness (QED) is 0.0261. The number of likely N-dealkylation sites (N-methyl/N-ethyl adjacent to an activating group) is 1. The summed E-state index contributed by atoms with van der Waals surface area (Å²) < 4.78 is 0. The zero-order chi connectivity index (χ0) is 69.0. The lowest BCUT2D eigenvalue weighted by Crippen LogP contribution is -2.60. The second-order valence-corrected chi connectivity index (χ2v) is 25.5. The Morgan fingerprint density at radius 1 is 0.613 bits per heavy atom. The van der Waals surface area contributed by atoms with E-state index in [4.69, 9.17) is 5.73 Å². The molecule has 1 fully saturated rings. The van der Waals surface area contributed by atoms with Crippen molar-refractivity contribution in [3.05, 3.63) is 71.9 Å². The lowest BCUT2D eigenvalue weighted by atomic mass is 9.86. The van der Waals surface area contributed by atoms with Gasteiger partial charge in [-0.3, -0.25) is 67.6 Å². The summed E-state index contributed by atoms with van der Waals surface area (Å²) in [6.07, 6.45) is 3.43. The van der Waals surface area contributed by atoms with Gasteiger partial charge >= 0.3 is 5.97 Å². The third-order valence-electron chi connectivity index (χ3n) is 15.2. The first-order valence-corrected chi connectivity index (χ1v) is 32.2. The Labute approximate surface area is 548 Å². The van der Waals surface area contributed by atoms with Gasteiger partial charge < -0.3 is 73.9 Å². The van der Waals surface area contributed by atoms with Crippen LogP contribution < -0.4 is 64.2 Å². The SMILES string of the molecule is CCCC[C@H](NC(=O)[C@H](CC(C)C)NC(=O)[C@H](Cc1ccccc1)NC(=O)[C@H](Cc1c[nH]c2ccccc12)NC(=O)[C@H](CCC(=O)O)NC(=O)[C@H](CCCCNC(=O)CNC(=O)[C@H](CS)NC(=O)[C@@H](NC(=O)CN(C)C)C(C)(C)C)NC(=O)CN)C(=O)NC(=O)C1CC1. The number of carboxylic acid groups (broad SMARTS) is 1. The van der Waals surface area contributed by atoms with Crippen LogP contribution in [0.3, 0.4) is 0 Å². The molecule has 0 spiro atoms. The van der Waals surface area contributed by atoms with Crippen molar-refractivity contribution in [2.24, 2.45) is 23.0 Å². The number of amides is 12. The van der Waals surface area contributed by atoms with Crippen molar-refractivity contribution in [3.63, 3.8) is 0 Å². The first-order valence-electron chi connectivity index (χ1n) is 31.6.